The Morgan fingerprint density at radius 3 is 1.58 bits per heavy atom. The number of rotatable bonds is 12. The molecule has 0 unspecified atom stereocenters. The predicted octanol–water partition coefficient (Wildman–Crippen LogP) is 6.81. The fraction of sp³-hybridized carbons (Fsp3) is 0.667. The standard InChI is InChI=1S/C18H32N6Si2/c1-5-25(6-2,15-21-23-19)18(14-17-12-10-9-11-13-17)26(7-3,8-4)16-22-24-20/h9-13,18H,5-8,14-16H2,1-4H3. The Hall–Kier alpha value is -1.73. The van der Waals surface area contributed by atoms with Gasteiger partial charge in [-0.05, 0) is 28.2 Å². The molecule has 0 aliphatic rings. The van der Waals surface area contributed by atoms with E-state index in [4.69, 9.17) is 11.1 Å². The molecule has 0 saturated carbocycles. The van der Waals surface area contributed by atoms with Crippen molar-refractivity contribution in [2.75, 3.05) is 12.3 Å². The summed E-state index contributed by atoms with van der Waals surface area (Å²) in [4.78, 5) is 6.19. The third-order valence-electron chi connectivity index (χ3n) is 6.48. The first-order chi connectivity index (χ1) is 12.6. The van der Waals surface area contributed by atoms with E-state index in [9.17, 15) is 0 Å². The van der Waals surface area contributed by atoms with Crippen molar-refractivity contribution in [2.45, 2.75) is 63.5 Å². The SMILES string of the molecule is CC[Si](CC)(CN=[N+]=[N-])C(Cc1ccccc1)[Si](CC)(CC)CN=[N+]=[N-]. The molecule has 0 spiro atoms. The fourth-order valence-electron chi connectivity index (χ4n) is 4.43. The van der Waals surface area contributed by atoms with Crippen LogP contribution >= 0.6 is 0 Å². The molecule has 0 N–H and O–H groups in total. The summed E-state index contributed by atoms with van der Waals surface area (Å²) >= 11 is 0. The zero-order chi connectivity index (χ0) is 19.5. The third-order valence-corrected chi connectivity index (χ3v) is 20.7. The minimum Gasteiger partial charge on any atom is -0.0969 e. The minimum atomic E-state index is -1.85. The number of azide groups is 2. The molecule has 1 rings (SSSR count). The van der Waals surface area contributed by atoms with Crippen LogP contribution in [-0.2, 0) is 6.42 Å². The molecule has 0 atom stereocenters. The average Bonchev–Trinajstić information content (AvgIpc) is 2.70. The van der Waals surface area contributed by atoms with E-state index in [1.54, 1.807) is 0 Å². The quantitative estimate of drug-likeness (QED) is 0.162. The number of hydrogen-bond acceptors (Lipinski definition) is 2. The van der Waals surface area contributed by atoms with E-state index < -0.39 is 16.1 Å². The van der Waals surface area contributed by atoms with Crippen LogP contribution < -0.4 is 0 Å². The summed E-state index contributed by atoms with van der Waals surface area (Å²) in [5.41, 5.74) is 19.3. The molecule has 0 bridgehead atoms. The summed E-state index contributed by atoms with van der Waals surface area (Å²) in [7, 11) is -3.69. The van der Waals surface area contributed by atoms with Gasteiger partial charge in [0, 0.05) is 22.2 Å². The molecule has 26 heavy (non-hydrogen) atoms. The first-order valence-electron chi connectivity index (χ1n) is 9.63. The van der Waals surface area contributed by atoms with E-state index in [2.05, 4.69) is 72.0 Å². The third kappa shape index (κ3) is 5.14. The molecule has 0 fully saturated rings. The maximum absolute atomic E-state index is 8.98. The van der Waals surface area contributed by atoms with Gasteiger partial charge in [-0.2, -0.15) is 0 Å². The number of nitrogens with zero attached hydrogens (tertiary/aromatic N) is 6. The Morgan fingerprint density at radius 2 is 1.23 bits per heavy atom. The van der Waals surface area contributed by atoms with E-state index in [1.807, 2.05) is 6.07 Å². The second kappa shape index (κ2) is 11.1. The lowest BCUT2D eigenvalue weighted by molar-refractivity contribution is 0.893. The van der Waals surface area contributed by atoms with Gasteiger partial charge in [0.2, 0.25) is 0 Å². The van der Waals surface area contributed by atoms with Crippen LogP contribution in [0.4, 0.5) is 0 Å². The van der Waals surface area contributed by atoms with Crippen molar-refractivity contribution in [3.8, 4) is 0 Å². The van der Waals surface area contributed by atoms with Gasteiger partial charge in [0.15, 0.2) is 0 Å². The van der Waals surface area contributed by atoms with Gasteiger partial charge in [0.1, 0.15) is 0 Å². The van der Waals surface area contributed by atoms with Crippen molar-refractivity contribution in [1.29, 1.82) is 0 Å². The predicted molar refractivity (Wildman–Crippen MR) is 115 cm³/mol. The highest BCUT2D eigenvalue weighted by Crippen LogP contribution is 2.43. The van der Waals surface area contributed by atoms with E-state index in [-0.39, 0.29) is 0 Å². The molecular weight excluding hydrogens is 356 g/mol. The normalized spacial score (nSPS) is 12.8. The first kappa shape index (κ1) is 22.3. The summed E-state index contributed by atoms with van der Waals surface area (Å²) in [5, 5.41) is 8.68. The van der Waals surface area contributed by atoms with Crippen molar-refractivity contribution in [1.82, 2.24) is 0 Å². The molecule has 0 amide bonds. The Balaban J connectivity index is 3.51. The van der Waals surface area contributed by atoms with Crippen molar-refractivity contribution >= 4 is 16.1 Å². The van der Waals surface area contributed by atoms with Crippen molar-refractivity contribution < 1.29 is 0 Å². The van der Waals surface area contributed by atoms with Crippen molar-refractivity contribution in [3.05, 3.63) is 56.8 Å². The number of benzene rings is 1. The molecule has 0 heterocycles. The highest BCUT2D eigenvalue weighted by Gasteiger charge is 2.49. The van der Waals surface area contributed by atoms with Crippen molar-refractivity contribution in [3.63, 3.8) is 0 Å². The minimum absolute atomic E-state index is 0.540. The Kier molecular flexibility index (Phi) is 9.51. The fourth-order valence-corrected chi connectivity index (χ4v) is 19.0. The second-order valence-corrected chi connectivity index (χ2v) is 18.0. The lowest BCUT2D eigenvalue weighted by Gasteiger charge is -2.48. The Bertz CT molecular complexity index is 594. The summed E-state index contributed by atoms with van der Waals surface area (Å²) in [6.07, 6.45) is 2.32. The molecule has 1 aromatic carbocycles. The molecule has 1 aromatic rings. The molecule has 0 aliphatic carbocycles. The summed E-state index contributed by atoms with van der Waals surface area (Å²) in [6, 6.07) is 15.0. The second-order valence-electron chi connectivity index (χ2n) is 7.16. The molecule has 0 saturated heterocycles. The number of hydrogen-bond donors (Lipinski definition) is 0. The zero-order valence-corrected chi connectivity index (χ0v) is 18.6. The maximum Gasteiger partial charge on any atom is 0.0606 e. The summed E-state index contributed by atoms with van der Waals surface area (Å²) in [6.45, 7) is 9.05. The molecule has 142 valence electrons. The Morgan fingerprint density at radius 1 is 0.808 bits per heavy atom. The summed E-state index contributed by atoms with van der Waals surface area (Å²) < 4.78 is 0. The lowest BCUT2D eigenvalue weighted by Crippen LogP contribution is -2.58. The van der Waals surface area contributed by atoms with Crippen molar-refractivity contribution in [2.24, 2.45) is 10.2 Å². The van der Waals surface area contributed by atoms with Crippen LogP contribution in [0.2, 0.25) is 29.3 Å². The van der Waals surface area contributed by atoms with Crippen LogP contribution in [0.1, 0.15) is 33.3 Å². The average molecular weight is 389 g/mol. The van der Waals surface area contributed by atoms with Crippen LogP contribution in [0.25, 0.3) is 20.9 Å². The van der Waals surface area contributed by atoms with Gasteiger partial charge < -0.3 is 0 Å². The first-order valence-corrected chi connectivity index (χ1v) is 15.0. The van der Waals surface area contributed by atoms with Crippen LogP contribution in [0.15, 0.2) is 40.6 Å². The van der Waals surface area contributed by atoms with Gasteiger partial charge in [-0.1, -0.05) is 92.4 Å². The van der Waals surface area contributed by atoms with Gasteiger partial charge >= 0.3 is 0 Å². The highest BCUT2D eigenvalue weighted by atomic mass is 28.4. The molecule has 0 aliphatic heterocycles. The van der Waals surface area contributed by atoms with Gasteiger partial charge in [-0.25, -0.2) is 0 Å². The monoisotopic (exact) mass is 388 g/mol. The molecule has 0 radical (unpaired) electrons. The maximum atomic E-state index is 8.98. The molecule has 0 aromatic heterocycles. The van der Waals surface area contributed by atoms with Gasteiger partial charge in [0.05, 0.1) is 16.1 Å². The van der Waals surface area contributed by atoms with Crippen LogP contribution in [0.5, 0.6) is 0 Å². The van der Waals surface area contributed by atoms with E-state index in [1.165, 1.54) is 5.56 Å². The Labute approximate surface area is 159 Å². The smallest absolute Gasteiger partial charge is 0.0606 e. The van der Waals surface area contributed by atoms with Crippen LogP contribution in [-0.4, -0.2) is 28.5 Å². The summed E-state index contributed by atoms with van der Waals surface area (Å²) in [5.74, 6) is 0. The van der Waals surface area contributed by atoms with Gasteiger partial charge in [0.25, 0.3) is 0 Å². The van der Waals surface area contributed by atoms with E-state index >= 15 is 0 Å². The highest BCUT2D eigenvalue weighted by molar-refractivity contribution is 6.99. The molecule has 6 nitrogen and oxygen atoms in total. The van der Waals surface area contributed by atoms with Gasteiger partial charge in [-0.3, -0.25) is 0 Å². The van der Waals surface area contributed by atoms with E-state index in [0.29, 0.717) is 17.5 Å². The topological polar surface area (TPSA) is 97.5 Å². The van der Waals surface area contributed by atoms with Crippen LogP contribution in [0.3, 0.4) is 0 Å². The van der Waals surface area contributed by atoms with Gasteiger partial charge in [-0.15, -0.1) is 0 Å². The molecule has 8 heteroatoms. The zero-order valence-electron chi connectivity index (χ0n) is 16.6. The molecular formula is C18H32N6Si2. The largest absolute Gasteiger partial charge is 0.0969 e. The van der Waals surface area contributed by atoms with E-state index in [0.717, 1.165) is 30.6 Å². The van der Waals surface area contributed by atoms with Crippen LogP contribution in [0, 0.1) is 0 Å². The lowest BCUT2D eigenvalue weighted by atomic mass is 10.2.